The minimum atomic E-state index is -0.825. The highest BCUT2D eigenvalue weighted by molar-refractivity contribution is 6.06. The second-order valence-corrected chi connectivity index (χ2v) is 10.6. The first-order valence-electron chi connectivity index (χ1n) is 12.4. The number of amides is 2. The molecule has 0 aliphatic heterocycles. The van der Waals surface area contributed by atoms with E-state index in [1.807, 2.05) is 31.2 Å². The highest BCUT2D eigenvalue weighted by atomic mass is 16.6. The predicted molar refractivity (Wildman–Crippen MR) is 144 cm³/mol. The Morgan fingerprint density at radius 1 is 1.05 bits per heavy atom. The Balaban J connectivity index is 1.78. The number of hydrogen-bond donors (Lipinski definition) is 3. The van der Waals surface area contributed by atoms with E-state index in [-0.39, 0.29) is 5.96 Å². The van der Waals surface area contributed by atoms with Crippen molar-refractivity contribution in [3.63, 3.8) is 0 Å². The first-order valence-corrected chi connectivity index (χ1v) is 12.4. The number of rotatable bonds is 5. The molecule has 37 heavy (non-hydrogen) atoms. The summed E-state index contributed by atoms with van der Waals surface area (Å²) in [6.45, 7) is 13.5. The van der Waals surface area contributed by atoms with Crippen LogP contribution >= 0.6 is 0 Å². The van der Waals surface area contributed by atoms with Crippen LogP contribution in [0.4, 0.5) is 15.4 Å². The number of anilines is 1. The fourth-order valence-corrected chi connectivity index (χ4v) is 3.75. The number of imidazole rings is 1. The standard InChI is InChI=1S/C26H37N7O4/c1-8-18-30-19-20(16-12-9-10-13-17(16)29-21(19)27)33(18)15-11-14-28-22(31-23(34)36-25(2,3)4)32-24(35)37-26(5,6)7/h9-10,12-13H,8,11,14-15H2,1-7H3,(H2,27,29)(H2,28,31,32,34,35). The van der Waals surface area contributed by atoms with Crippen LogP contribution in [0.1, 0.15) is 60.7 Å². The van der Waals surface area contributed by atoms with Gasteiger partial charge in [0, 0.05) is 24.9 Å². The molecule has 0 aliphatic rings. The lowest BCUT2D eigenvalue weighted by Gasteiger charge is -2.21. The number of benzene rings is 1. The molecule has 3 rings (SSSR count). The maximum atomic E-state index is 12.3. The molecule has 0 atom stereocenters. The van der Waals surface area contributed by atoms with Crippen LogP contribution in [0.5, 0.6) is 0 Å². The summed E-state index contributed by atoms with van der Waals surface area (Å²) in [5.74, 6) is 1.25. The van der Waals surface area contributed by atoms with E-state index >= 15 is 0 Å². The monoisotopic (exact) mass is 511 g/mol. The van der Waals surface area contributed by atoms with Crippen LogP contribution in [0.15, 0.2) is 29.3 Å². The van der Waals surface area contributed by atoms with Gasteiger partial charge >= 0.3 is 12.2 Å². The molecule has 11 heteroatoms. The van der Waals surface area contributed by atoms with Crippen LogP contribution in [0.3, 0.4) is 0 Å². The van der Waals surface area contributed by atoms with Crippen LogP contribution in [0, 0.1) is 0 Å². The Hall–Kier alpha value is -3.89. The van der Waals surface area contributed by atoms with Crippen molar-refractivity contribution >= 4 is 45.9 Å². The average Bonchev–Trinajstić information content (AvgIpc) is 3.13. The highest BCUT2D eigenvalue weighted by Crippen LogP contribution is 2.29. The lowest BCUT2D eigenvalue weighted by atomic mass is 10.2. The fourth-order valence-electron chi connectivity index (χ4n) is 3.75. The normalized spacial score (nSPS) is 12.6. The van der Waals surface area contributed by atoms with E-state index in [0.717, 1.165) is 28.7 Å². The smallest absolute Gasteiger partial charge is 0.437 e. The Labute approximate surface area is 216 Å². The number of hydrogen-bond acceptors (Lipinski definition) is 7. The molecule has 1 aromatic carbocycles. The first-order chi connectivity index (χ1) is 17.3. The summed E-state index contributed by atoms with van der Waals surface area (Å²) < 4.78 is 12.7. The largest absolute Gasteiger partial charge is 0.444 e. The molecule has 2 heterocycles. The number of aryl methyl sites for hydroxylation is 2. The number of alkyl carbamates (subject to hydrolysis) is 1. The van der Waals surface area contributed by atoms with Gasteiger partial charge in [-0.25, -0.2) is 19.6 Å². The highest BCUT2D eigenvalue weighted by Gasteiger charge is 2.21. The van der Waals surface area contributed by atoms with Crippen LogP contribution < -0.4 is 16.4 Å². The van der Waals surface area contributed by atoms with E-state index in [2.05, 4.69) is 25.2 Å². The number of aromatic nitrogens is 3. The van der Waals surface area contributed by atoms with E-state index in [9.17, 15) is 9.59 Å². The molecule has 3 aromatic rings. The van der Waals surface area contributed by atoms with Crippen molar-refractivity contribution in [2.24, 2.45) is 4.99 Å². The van der Waals surface area contributed by atoms with Gasteiger partial charge in [-0.3, -0.25) is 5.32 Å². The number of para-hydroxylation sites is 1. The summed E-state index contributed by atoms with van der Waals surface area (Å²) in [5.41, 5.74) is 7.22. The van der Waals surface area contributed by atoms with Crippen molar-refractivity contribution < 1.29 is 19.1 Å². The van der Waals surface area contributed by atoms with E-state index < -0.39 is 23.4 Å². The number of aliphatic imine (C=N–C) groups is 1. The molecule has 0 fully saturated rings. The van der Waals surface area contributed by atoms with Crippen molar-refractivity contribution in [2.75, 3.05) is 12.3 Å². The molecule has 0 spiro atoms. The van der Waals surface area contributed by atoms with E-state index in [4.69, 9.17) is 20.2 Å². The fraction of sp³-hybridized carbons (Fsp3) is 0.500. The van der Waals surface area contributed by atoms with Crippen molar-refractivity contribution in [1.82, 2.24) is 25.2 Å². The molecule has 11 nitrogen and oxygen atoms in total. The summed E-state index contributed by atoms with van der Waals surface area (Å²) in [5, 5.41) is 6.49. The molecule has 4 N–H and O–H groups in total. The number of nitrogens with two attached hydrogens (primary N) is 1. The number of carbonyl (C=O) groups is 2. The quantitative estimate of drug-likeness (QED) is 0.257. The molecule has 2 aromatic heterocycles. The third-order valence-corrected chi connectivity index (χ3v) is 5.07. The zero-order valence-electron chi connectivity index (χ0n) is 22.6. The van der Waals surface area contributed by atoms with Gasteiger partial charge in [0.25, 0.3) is 0 Å². The Kier molecular flexibility index (Phi) is 8.25. The van der Waals surface area contributed by atoms with Crippen molar-refractivity contribution in [3.8, 4) is 0 Å². The minimum Gasteiger partial charge on any atom is -0.444 e. The molecular weight excluding hydrogens is 474 g/mol. The summed E-state index contributed by atoms with van der Waals surface area (Å²) in [4.78, 5) is 37.7. The van der Waals surface area contributed by atoms with E-state index in [0.29, 0.717) is 30.8 Å². The van der Waals surface area contributed by atoms with Gasteiger partial charge in [-0.15, -0.1) is 4.99 Å². The van der Waals surface area contributed by atoms with Gasteiger partial charge < -0.3 is 25.1 Å². The Morgan fingerprint density at radius 2 is 1.73 bits per heavy atom. The number of ether oxygens (including phenoxy) is 2. The average molecular weight is 512 g/mol. The third-order valence-electron chi connectivity index (χ3n) is 5.07. The number of nitrogens with one attached hydrogen (secondary N) is 2. The predicted octanol–water partition coefficient (Wildman–Crippen LogP) is 4.52. The molecule has 0 bridgehead atoms. The molecule has 200 valence electrons. The second-order valence-electron chi connectivity index (χ2n) is 10.6. The van der Waals surface area contributed by atoms with Gasteiger partial charge in [-0.2, -0.15) is 0 Å². The van der Waals surface area contributed by atoms with Crippen molar-refractivity contribution in [1.29, 1.82) is 0 Å². The zero-order valence-corrected chi connectivity index (χ0v) is 22.6. The van der Waals surface area contributed by atoms with Gasteiger partial charge in [-0.1, -0.05) is 25.1 Å². The Bertz CT molecular complexity index is 1320. The SMILES string of the molecule is CCc1nc2c(N)nc3ccccc3c2n1CCCNC(=NC(=O)OC(C)(C)C)NC(=O)OC(C)(C)C. The van der Waals surface area contributed by atoms with E-state index in [1.165, 1.54) is 0 Å². The lowest BCUT2D eigenvalue weighted by molar-refractivity contribution is 0.0560. The lowest BCUT2D eigenvalue weighted by Crippen LogP contribution is -2.44. The van der Waals surface area contributed by atoms with Gasteiger partial charge in [0.1, 0.15) is 22.5 Å². The molecule has 0 unspecified atom stereocenters. The minimum absolute atomic E-state index is 0.0476. The summed E-state index contributed by atoms with van der Waals surface area (Å²) in [6.07, 6.45) is -0.195. The van der Waals surface area contributed by atoms with Crippen molar-refractivity contribution in [2.45, 2.75) is 79.1 Å². The number of nitrogen functional groups attached to an aromatic ring is 1. The van der Waals surface area contributed by atoms with Gasteiger partial charge in [-0.05, 0) is 54.0 Å². The van der Waals surface area contributed by atoms with Crippen LogP contribution in [0.2, 0.25) is 0 Å². The number of fused-ring (bicyclic) bond motifs is 3. The summed E-state index contributed by atoms with van der Waals surface area (Å²) >= 11 is 0. The third kappa shape index (κ3) is 7.55. The summed E-state index contributed by atoms with van der Waals surface area (Å²) in [7, 11) is 0. The molecule has 2 amide bonds. The zero-order chi connectivity index (χ0) is 27.4. The number of nitrogens with zero attached hydrogens (tertiary/aromatic N) is 4. The molecule has 0 radical (unpaired) electrons. The number of carbonyl (C=O) groups excluding carboxylic acids is 2. The molecule has 0 saturated carbocycles. The van der Waals surface area contributed by atoms with Crippen LogP contribution in [-0.2, 0) is 22.4 Å². The molecule has 0 aliphatic carbocycles. The van der Waals surface area contributed by atoms with E-state index in [1.54, 1.807) is 41.5 Å². The summed E-state index contributed by atoms with van der Waals surface area (Å²) in [6, 6.07) is 7.83. The maximum Gasteiger partial charge on any atom is 0.437 e. The van der Waals surface area contributed by atoms with Crippen molar-refractivity contribution in [3.05, 3.63) is 30.1 Å². The van der Waals surface area contributed by atoms with Gasteiger partial charge in [0.15, 0.2) is 5.82 Å². The molecular formula is C26H37N7O4. The Morgan fingerprint density at radius 3 is 2.38 bits per heavy atom. The van der Waals surface area contributed by atoms with Gasteiger partial charge in [0.05, 0.1) is 11.0 Å². The van der Waals surface area contributed by atoms with Crippen LogP contribution in [-0.4, -0.2) is 50.4 Å². The second kappa shape index (κ2) is 11.0. The van der Waals surface area contributed by atoms with Crippen LogP contribution in [0.25, 0.3) is 21.9 Å². The maximum absolute atomic E-state index is 12.3. The van der Waals surface area contributed by atoms with Gasteiger partial charge in [0.2, 0.25) is 5.96 Å². The number of pyridine rings is 1. The topological polar surface area (TPSA) is 146 Å². The first kappa shape index (κ1) is 27.7. The molecule has 0 saturated heterocycles. The number of guanidine groups is 1.